The van der Waals surface area contributed by atoms with E-state index < -0.39 is 5.97 Å². The van der Waals surface area contributed by atoms with Crippen molar-refractivity contribution in [2.24, 2.45) is 5.92 Å². The second kappa shape index (κ2) is 5.49. The minimum atomic E-state index is -0.404. The van der Waals surface area contributed by atoms with Crippen LogP contribution in [0.5, 0.6) is 0 Å². The van der Waals surface area contributed by atoms with Gasteiger partial charge in [0.15, 0.2) is 0 Å². The SMILES string of the molecule is CCOC(=O)C#CC1CC=C(C)CC1. The molecular formula is C12H16O2. The average molecular weight is 192 g/mol. The van der Waals surface area contributed by atoms with Crippen LogP contribution >= 0.6 is 0 Å². The molecule has 0 fully saturated rings. The normalized spacial score (nSPS) is 20.4. The lowest BCUT2D eigenvalue weighted by atomic mass is 9.91. The monoisotopic (exact) mass is 192 g/mol. The summed E-state index contributed by atoms with van der Waals surface area (Å²) >= 11 is 0. The van der Waals surface area contributed by atoms with Crippen LogP contribution in [0.15, 0.2) is 11.6 Å². The lowest BCUT2D eigenvalue weighted by Crippen LogP contribution is -2.04. The minimum Gasteiger partial charge on any atom is -0.456 e. The van der Waals surface area contributed by atoms with Crippen molar-refractivity contribution in [2.45, 2.75) is 33.1 Å². The quantitative estimate of drug-likeness (QED) is 0.276. The number of carbonyl (C=O) groups is 1. The van der Waals surface area contributed by atoms with Gasteiger partial charge < -0.3 is 4.74 Å². The molecule has 14 heavy (non-hydrogen) atoms. The maximum atomic E-state index is 10.9. The van der Waals surface area contributed by atoms with Crippen LogP contribution in [-0.2, 0) is 9.53 Å². The topological polar surface area (TPSA) is 26.3 Å². The second-order valence-corrected chi connectivity index (χ2v) is 3.51. The number of ether oxygens (including phenoxy) is 1. The van der Waals surface area contributed by atoms with Gasteiger partial charge in [-0.2, -0.15) is 0 Å². The van der Waals surface area contributed by atoms with Crippen molar-refractivity contribution in [1.82, 2.24) is 0 Å². The third-order valence-electron chi connectivity index (χ3n) is 2.29. The fourth-order valence-electron chi connectivity index (χ4n) is 1.42. The fraction of sp³-hybridized carbons (Fsp3) is 0.583. The van der Waals surface area contributed by atoms with Crippen molar-refractivity contribution in [3.63, 3.8) is 0 Å². The largest absolute Gasteiger partial charge is 0.456 e. The maximum Gasteiger partial charge on any atom is 0.384 e. The average Bonchev–Trinajstić information content (AvgIpc) is 2.17. The molecule has 0 N–H and O–H groups in total. The highest BCUT2D eigenvalue weighted by molar-refractivity contribution is 5.88. The van der Waals surface area contributed by atoms with Crippen molar-refractivity contribution >= 4 is 5.97 Å². The second-order valence-electron chi connectivity index (χ2n) is 3.51. The summed E-state index contributed by atoms with van der Waals surface area (Å²) in [4.78, 5) is 10.9. The zero-order valence-electron chi connectivity index (χ0n) is 8.80. The van der Waals surface area contributed by atoms with Gasteiger partial charge in [-0.3, -0.25) is 0 Å². The Labute approximate surface area is 85.3 Å². The van der Waals surface area contributed by atoms with Crippen molar-refractivity contribution in [2.75, 3.05) is 6.61 Å². The molecule has 0 spiro atoms. The molecular weight excluding hydrogens is 176 g/mol. The highest BCUT2D eigenvalue weighted by Crippen LogP contribution is 2.21. The summed E-state index contributed by atoms with van der Waals surface area (Å²) in [6.07, 6.45) is 5.34. The Balaban J connectivity index is 2.41. The summed E-state index contributed by atoms with van der Waals surface area (Å²) in [5.41, 5.74) is 1.43. The number of rotatable bonds is 1. The number of hydrogen-bond acceptors (Lipinski definition) is 2. The molecule has 1 unspecified atom stereocenters. The summed E-state index contributed by atoms with van der Waals surface area (Å²) in [5.74, 6) is 5.42. The molecule has 1 aliphatic carbocycles. The molecule has 0 amide bonds. The van der Waals surface area contributed by atoms with Gasteiger partial charge in [0.2, 0.25) is 0 Å². The van der Waals surface area contributed by atoms with Crippen LogP contribution in [0, 0.1) is 17.8 Å². The van der Waals surface area contributed by atoms with Gasteiger partial charge in [0, 0.05) is 11.8 Å². The Morgan fingerprint density at radius 2 is 2.50 bits per heavy atom. The zero-order chi connectivity index (χ0) is 10.4. The molecule has 1 rings (SSSR count). The first-order valence-corrected chi connectivity index (χ1v) is 5.06. The molecule has 0 aromatic heterocycles. The number of allylic oxidation sites excluding steroid dienone is 2. The Bertz CT molecular complexity index is 291. The fourth-order valence-corrected chi connectivity index (χ4v) is 1.42. The molecule has 0 aromatic carbocycles. The standard InChI is InChI=1S/C12H16O2/c1-3-14-12(13)9-8-11-6-4-10(2)5-7-11/h4,11H,3,5-7H2,1-2H3. The molecule has 0 radical (unpaired) electrons. The highest BCUT2D eigenvalue weighted by Gasteiger charge is 2.09. The van der Waals surface area contributed by atoms with E-state index in [0.717, 1.165) is 19.3 Å². The smallest absolute Gasteiger partial charge is 0.384 e. The Hall–Kier alpha value is -1.23. The minimum absolute atomic E-state index is 0.336. The van der Waals surface area contributed by atoms with E-state index in [4.69, 9.17) is 4.74 Å². The number of hydrogen-bond donors (Lipinski definition) is 0. The Kier molecular flexibility index (Phi) is 4.25. The number of esters is 1. The molecule has 1 atom stereocenters. The lowest BCUT2D eigenvalue weighted by molar-refractivity contribution is -0.136. The molecule has 0 saturated carbocycles. The van der Waals surface area contributed by atoms with Crippen LogP contribution in [-0.4, -0.2) is 12.6 Å². The predicted molar refractivity (Wildman–Crippen MR) is 55.5 cm³/mol. The third kappa shape index (κ3) is 3.66. The van der Waals surface area contributed by atoms with Gasteiger partial charge in [0.05, 0.1) is 6.61 Å². The van der Waals surface area contributed by atoms with E-state index >= 15 is 0 Å². The first-order chi connectivity index (χ1) is 6.72. The maximum absolute atomic E-state index is 10.9. The molecule has 0 saturated heterocycles. The van der Waals surface area contributed by atoms with E-state index in [9.17, 15) is 4.79 Å². The van der Waals surface area contributed by atoms with Crippen molar-refractivity contribution in [3.05, 3.63) is 11.6 Å². The van der Waals surface area contributed by atoms with E-state index in [1.807, 2.05) is 0 Å². The zero-order valence-corrected chi connectivity index (χ0v) is 8.80. The molecule has 0 aromatic rings. The van der Waals surface area contributed by atoms with Gasteiger partial charge in [-0.05, 0) is 33.1 Å². The molecule has 2 nitrogen and oxygen atoms in total. The summed E-state index contributed by atoms with van der Waals surface area (Å²) in [6.45, 7) is 4.32. The van der Waals surface area contributed by atoms with Crippen LogP contribution < -0.4 is 0 Å². The molecule has 0 aliphatic heterocycles. The van der Waals surface area contributed by atoms with Gasteiger partial charge in [0.1, 0.15) is 0 Å². The first-order valence-electron chi connectivity index (χ1n) is 5.06. The van der Waals surface area contributed by atoms with Gasteiger partial charge in [-0.15, -0.1) is 0 Å². The van der Waals surface area contributed by atoms with Crippen LogP contribution in [0.25, 0.3) is 0 Å². The van der Waals surface area contributed by atoms with Crippen LogP contribution in [0.3, 0.4) is 0 Å². The van der Waals surface area contributed by atoms with Gasteiger partial charge >= 0.3 is 5.97 Å². The van der Waals surface area contributed by atoms with E-state index in [0.29, 0.717) is 12.5 Å². The summed E-state index contributed by atoms with van der Waals surface area (Å²) in [6, 6.07) is 0. The van der Waals surface area contributed by atoms with Crippen LogP contribution in [0.4, 0.5) is 0 Å². The molecule has 1 aliphatic rings. The lowest BCUT2D eigenvalue weighted by Gasteiger charge is -2.14. The summed E-state index contributed by atoms with van der Waals surface area (Å²) < 4.78 is 4.73. The molecule has 76 valence electrons. The van der Waals surface area contributed by atoms with Crippen LogP contribution in [0.2, 0.25) is 0 Å². The molecule has 2 heteroatoms. The van der Waals surface area contributed by atoms with Crippen LogP contribution in [0.1, 0.15) is 33.1 Å². The Morgan fingerprint density at radius 3 is 3.07 bits per heavy atom. The molecule has 0 heterocycles. The predicted octanol–water partition coefficient (Wildman–Crippen LogP) is 2.30. The third-order valence-corrected chi connectivity index (χ3v) is 2.29. The van der Waals surface area contributed by atoms with Crippen molar-refractivity contribution in [3.8, 4) is 11.8 Å². The summed E-state index contributed by atoms with van der Waals surface area (Å²) in [5, 5.41) is 0. The van der Waals surface area contributed by atoms with Gasteiger partial charge in [0.25, 0.3) is 0 Å². The van der Waals surface area contributed by atoms with Crippen molar-refractivity contribution in [1.29, 1.82) is 0 Å². The summed E-state index contributed by atoms with van der Waals surface area (Å²) in [7, 11) is 0. The van der Waals surface area contributed by atoms with E-state index in [-0.39, 0.29) is 0 Å². The first kappa shape index (κ1) is 10.8. The van der Waals surface area contributed by atoms with E-state index in [1.165, 1.54) is 5.57 Å². The van der Waals surface area contributed by atoms with Gasteiger partial charge in [-0.25, -0.2) is 4.79 Å². The Morgan fingerprint density at radius 1 is 1.71 bits per heavy atom. The van der Waals surface area contributed by atoms with Gasteiger partial charge in [-0.1, -0.05) is 17.6 Å². The van der Waals surface area contributed by atoms with Crippen molar-refractivity contribution < 1.29 is 9.53 Å². The number of carbonyl (C=O) groups excluding carboxylic acids is 1. The van der Waals surface area contributed by atoms with E-state index in [2.05, 4.69) is 24.8 Å². The molecule has 0 bridgehead atoms. The highest BCUT2D eigenvalue weighted by atomic mass is 16.5. The van der Waals surface area contributed by atoms with E-state index in [1.54, 1.807) is 6.92 Å².